The number of carbonyl (C=O) groups is 1. The molecule has 128 valence electrons. The summed E-state index contributed by atoms with van der Waals surface area (Å²) in [6, 6.07) is 12.6. The van der Waals surface area contributed by atoms with E-state index in [2.05, 4.69) is 4.72 Å². The number of halogens is 1. The number of carboxylic acids is 1. The number of thioether (sulfide) groups is 1. The molecule has 0 radical (unpaired) electrons. The van der Waals surface area contributed by atoms with Crippen molar-refractivity contribution in [1.82, 2.24) is 4.72 Å². The minimum atomic E-state index is -3.54. The number of hydrogen-bond acceptors (Lipinski definition) is 4. The maximum atomic E-state index is 12.1. The van der Waals surface area contributed by atoms with E-state index in [1.807, 2.05) is 6.07 Å². The van der Waals surface area contributed by atoms with Crippen LogP contribution in [-0.2, 0) is 10.0 Å². The lowest BCUT2D eigenvalue weighted by Gasteiger charge is -2.07. The van der Waals surface area contributed by atoms with Gasteiger partial charge in [-0.15, -0.1) is 11.8 Å². The number of hydrogen-bond donors (Lipinski definition) is 2. The fraction of sp³-hybridized carbons (Fsp3) is 0.188. The molecule has 0 spiro atoms. The molecule has 24 heavy (non-hydrogen) atoms. The average Bonchev–Trinajstić information content (AvgIpc) is 2.55. The third kappa shape index (κ3) is 5.52. The van der Waals surface area contributed by atoms with E-state index < -0.39 is 16.0 Å². The number of aromatic carboxylic acids is 1. The zero-order chi connectivity index (χ0) is 17.6. The van der Waals surface area contributed by atoms with E-state index in [1.165, 1.54) is 42.1 Å². The van der Waals surface area contributed by atoms with E-state index in [0.717, 1.165) is 4.90 Å². The molecular weight excluding hydrogens is 370 g/mol. The van der Waals surface area contributed by atoms with Crippen molar-refractivity contribution in [2.24, 2.45) is 0 Å². The quantitative estimate of drug-likeness (QED) is 0.536. The van der Waals surface area contributed by atoms with Gasteiger partial charge in [-0.3, -0.25) is 0 Å². The Kier molecular flexibility index (Phi) is 6.68. The minimum absolute atomic E-state index is 0.175. The lowest BCUT2D eigenvalue weighted by Crippen LogP contribution is -2.25. The van der Waals surface area contributed by atoms with Gasteiger partial charge in [-0.25, -0.2) is 17.9 Å². The molecule has 2 aromatic rings. The smallest absolute Gasteiger partial charge is 0.335 e. The zero-order valence-corrected chi connectivity index (χ0v) is 15.0. The molecule has 0 amide bonds. The van der Waals surface area contributed by atoms with Gasteiger partial charge in [-0.2, -0.15) is 0 Å². The van der Waals surface area contributed by atoms with Crippen LogP contribution in [0.1, 0.15) is 16.8 Å². The van der Waals surface area contributed by atoms with Crippen LogP contribution in [0.4, 0.5) is 0 Å². The lowest BCUT2D eigenvalue weighted by atomic mass is 10.2. The largest absolute Gasteiger partial charge is 0.478 e. The van der Waals surface area contributed by atoms with Crippen LogP contribution in [0.5, 0.6) is 0 Å². The molecule has 0 aliphatic carbocycles. The fourth-order valence-electron chi connectivity index (χ4n) is 1.88. The Hall–Kier alpha value is -1.54. The van der Waals surface area contributed by atoms with E-state index in [9.17, 15) is 13.2 Å². The molecule has 0 saturated heterocycles. The van der Waals surface area contributed by atoms with Crippen molar-refractivity contribution in [2.75, 3.05) is 12.3 Å². The highest BCUT2D eigenvalue weighted by molar-refractivity contribution is 7.99. The van der Waals surface area contributed by atoms with Gasteiger partial charge < -0.3 is 5.11 Å². The highest BCUT2D eigenvalue weighted by Gasteiger charge is 2.12. The second-order valence-corrected chi connectivity index (χ2v) is 8.26. The number of carboxylic acid groups (broad SMARTS) is 1. The topological polar surface area (TPSA) is 83.5 Å². The molecule has 0 saturated carbocycles. The molecule has 8 heteroatoms. The molecule has 0 bridgehead atoms. The summed E-state index contributed by atoms with van der Waals surface area (Å²) in [5, 5.41) is 9.42. The highest BCUT2D eigenvalue weighted by Crippen LogP contribution is 2.20. The van der Waals surface area contributed by atoms with Crippen LogP contribution in [-0.4, -0.2) is 31.8 Å². The maximum absolute atomic E-state index is 12.1. The Bertz CT molecular complexity index is 807. The van der Waals surface area contributed by atoms with E-state index in [0.29, 0.717) is 23.7 Å². The molecule has 0 aromatic heterocycles. The Morgan fingerprint density at radius 3 is 2.54 bits per heavy atom. The summed E-state index contributed by atoms with van der Waals surface area (Å²) < 4.78 is 26.7. The monoisotopic (exact) mass is 385 g/mol. The van der Waals surface area contributed by atoms with Crippen LogP contribution in [0.2, 0.25) is 5.02 Å². The van der Waals surface area contributed by atoms with Gasteiger partial charge in [0.2, 0.25) is 10.0 Å². The standard InChI is InChI=1S/C16H16ClNO4S2/c17-13-5-7-15(8-6-13)24(21,22)18-9-2-10-23-14-4-1-3-12(11-14)16(19)20/h1,3-8,11,18H,2,9-10H2,(H,19,20). The Morgan fingerprint density at radius 2 is 1.88 bits per heavy atom. The van der Waals surface area contributed by atoms with Crippen LogP contribution < -0.4 is 4.72 Å². The fourth-order valence-corrected chi connectivity index (χ4v) is 3.99. The SMILES string of the molecule is O=C(O)c1cccc(SCCCNS(=O)(=O)c2ccc(Cl)cc2)c1. The molecule has 0 fully saturated rings. The number of nitrogens with one attached hydrogen (secondary N) is 1. The minimum Gasteiger partial charge on any atom is -0.478 e. The van der Waals surface area contributed by atoms with Crippen LogP contribution in [0, 0.1) is 0 Å². The summed E-state index contributed by atoms with van der Waals surface area (Å²) in [7, 11) is -3.54. The molecule has 0 heterocycles. The average molecular weight is 386 g/mol. The first-order valence-corrected chi connectivity index (χ1v) is 9.94. The molecule has 2 aromatic carbocycles. The molecular formula is C16H16ClNO4S2. The van der Waals surface area contributed by atoms with E-state index >= 15 is 0 Å². The van der Waals surface area contributed by atoms with Gasteiger partial charge in [0.05, 0.1) is 10.5 Å². The molecule has 5 nitrogen and oxygen atoms in total. The molecule has 0 aliphatic rings. The van der Waals surface area contributed by atoms with Crippen LogP contribution in [0.3, 0.4) is 0 Å². The van der Waals surface area contributed by atoms with Crippen molar-refractivity contribution >= 4 is 39.4 Å². The van der Waals surface area contributed by atoms with Crippen molar-refractivity contribution in [1.29, 1.82) is 0 Å². The van der Waals surface area contributed by atoms with E-state index in [-0.39, 0.29) is 10.5 Å². The molecule has 0 atom stereocenters. The van der Waals surface area contributed by atoms with Crippen LogP contribution in [0.15, 0.2) is 58.3 Å². The van der Waals surface area contributed by atoms with Crippen molar-refractivity contribution < 1.29 is 18.3 Å². The summed E-state index contributed by atoms with van der Waals surface area (Å²) in [6.07, 6.45) is 0.620. The summed E-state index contributed by atoms with van der Waals surface area (Å²) in [5.74, 6) is -0.292. The Balaban J connectivity index is 1.79. The van der Waals surface area contributed by atoms with E-state index in [1.54, 1.807) is 12.1 Å². The first kappa shape index (κ1) is 18.8. The van der Waals surface area contributed by atoms with Gasteiger partial charge in [0.15, 0.2) is 0 Å². The first-order chi connectivity index (χ1) is 11.4. The van der Waals surface area contributed by atoms with Crippen LogP contribution >= 0.6 is 23.4 Å². The lowest BCUT2D eigenvalue weighted by molar-refractivity contribution is 0.0696. The molecule has 0 unspecified atom stereocenters. The maximum Gasteiger partial charge on any atom is 0.335 e. The zero-order valence-electron chi connectivity index (χ0n) is 12.6. The van der Waals surface area contributed by atoms with Crippen molar-refractivity contribution in [3.05, 3.63) is 59.1 Å². The highest BCUT2D eigenvalue weighted by atomic mass is 35.5. The Morgan fingerprint density at radius 1 is 1.17 bits per heavy atom. The summed E-state index contributed by atoms with van der Waals surface area (Å²) in [6.45, 7) is 0.302. The normalized spacial score (nSPS) is 11.4. The second kappa shape index (κ2) is 8.53. The van der Waals surface area contributed by atoms with Crippen molar-refractivity contribution in [3.8, 4) is 0 Å². The van der Waals surface area contributed by atoms with Gasteiger partial charge in [0, 0.05) is 16.5 Å². The number of sulfonamides is 1. The van der Waals surface area contributed by atoms with Crippen molar-refractivity contribution in [2.45, 2.75) is 16.2 Å². The van der Waals surface area contributed by atoms with Gasteiger partial charge >= 0.3 is 5.97 Å². The Labute approximate surface area is 150 Å². The van der Waals surface area contributed by atoms with Gasteiger partial charge in [-0.05, 0) is 54.6 Å². The van der Waals surface area contributed by atoms with E-state index in [4.69, 9.17) is 16.7 Å². The molecule has 0 aliphatic heterocycles. The third-order valence-corrected chi connectivity index (χ3v) is 5.90. The third-order valence-electron chi connectivity index (χ3n) is 3.09. The van der Waals surface area contributed by atoms with Gasteiger partial charge in [0.25, 0.3) is 0 Å². The number of rotatable bonds is 8. The molecule has 2 rings (SSSR count). The van der Waals surface area contributed by atoms with Crippen molar-refractivity contribution in [3.63, 3.8) is 0 Å². The summed E-state index contributed by atoms with van der Waals surface area (Å²) in [4.78, 5) is 11.9. The van der Waals surface area contributed by atoms with Gasteiger partial charge in [-0.1, -0.05) is 17.7 Å². The predicted molar refractivity (Wildman–Crippen MR) is 95.4 cm³/mol. The van der Waals surface area contributed by atoms with Gasteiger partial charge in [0.1, 0.15) is 0 Å². The summed E-state index contributed by atoms with van der Waals surface area (Å²) in [5.41, 5.74) is 0.239. The molecule has 2 N–H and O–H groups in total. The first-order valence-electron chi connectivity index (χ1n) is 7.10. The summed E-state index contributed by atoms with van der Waals surface area (Å²) >= 11 is 7.23. The number of benzene rings is 2. The second-order valence-electron chi connectivity index (χ2n) is 4.89. The predicted octanol–water partition coefficient (Wildman–Crippen LogP) is 3.50. The van der Waals surface area contributed by atoms with Crippen LogP contribution in [0.25, 0.3) is 0 Å².